The Kier molecular flexibility index (Phi) is 11.6. The average Bonchev–Trinajstić information content (AvgIpc) is 3.37. The van der Waals surface area contributed by atoms with Crippen molar-refractivity contribution >= 4 is 34.9 Å². The number of carboxylic acid groups (broad SMARTS) is 2. The van der Waals surface area contributed by atoms with E-state index in [2.05, 4.69) is 93.8 Å². The van der Waals surface area contributed by atoms with Gasteiger partial charge in [0.25, 0.3) is 0 Å². The van der Waals surface area contributed by atoms with Gasteiger partial charge in [0, 0.05) is 70.8 Å². The van der Waals surface area contributed by atoms with E-state index in [1.165, 1.54) is 44.9 Å². The predicted octanol–water partition coefficient (Wildman–Crippen LogP) is 10.4. The lowest BCUT2D eigenvalue weighted by Crippen LogP contribution is -2.48. The summed E-state index contributed by atoms with van der Waals surface area (Å²) in [7, 11) is 0. The second-order valence-electron chi connectivity index (χ2n) is 15.8. The first-order chi connectivity index (χ1) is 23.2. The van der Waals surface area contributed by atoms with Gasteiger partial charge in [-0.05, 0) is 88.5 Å². The summed E-state index contributed by atoms with van der Waals surface area (Å²) in [6.45, 7) is 15.5. The summed E-state index contributed by atoms with van der Waals surface area (Å²) in [5, 5.41) is 19.3. The number of carboxylic acids is 2. The highest BCUT2D eigenvalue weighted by molar-refractivity contribution is 6.30. The molecule has 49 heavy (non-hydrogen) atoms. The third-order valence-corrected chi connectivity index (χ3v) is 12.0. The van der Waals surface area contributed by atoms with Crippen molar-refractivity contribution in [2.45, 2.75) is 135 Å². The Hall–Kier alpha value is -3.25. The molecule has 0 bridgehead atoms. The standard InChI is InChI=1S/C42H57ClN2O4/c1-28-18-21-34-32(26-28)41(3,4)36(44(34)24-11-7-9-16-37(46)47)23-20-30-14-13-15-31(39(30)43)40-42(5,6)33-27-29(2)19-22-35(33)45(40)25-12-8-10-17-38(48)49/h18-19,21-23,26-27,31,40H,7-17,20,24-25H2,1-6H3,(H,46,47)(H,48,49). The quantitative estimate of drug-likeness (QED) is 0.181. The van der Waals surface area contributed by atoms with Gasteiger partial charge in [-0.3, -0.25) is 9.59 Å². The van der Waals surface area contributed by atoms with E-state index in [-0.39, 0.29) is 35.6 Å². The number of fused-ring (bicyclic) bond motifs is 2. The molecule has 2 aromatic rings. The molecule has 5 rings (SSSR count). The van der Waals surface area contributed by atoms with E-state index >= 15 is 0 Å². The minimum absolute atomic E-state index is 0.0848. The summed E-state index contributed by atoms with van der Waals surface area (Å²) in [4.78, 5) is 27.3. The van der Waals surface area contributed by atoms with E-state index in [4.69, 9.17) is 21.8 Å². The Morgan fingerprint density at radius 3 is 2.06 bits per heavy atom. The van der Waals surface area contributed by atoms with Crippen LogP contribution in [0.1, 0.15) is 127 Å². The third-order valence-electron chi connectivity index (χ3n) is 11.4. The van der Waals surface area contributed by atoms with Crippen molar-refractivity contribution in [3.63, 3.8) is 0 Å². The molecule has 2 aromatic carbocycles. The minimum atomic E-state index is -0.724. The number of halogens is 1. The second kappa shape index (κ2) is 15.3. The summed E-state index contributed by atoms with van der Waals surface area (Å²) >= 11 is 7.56. The fourth-order valence-electron chi connectivity index (χ4n) is 8.91. The van der Waals surface area contributed by atoms with Gasteiger partial charge in [-0.1, -0.05) is 99.2 Å². The van der Waals surface area contributed by atoms with Gasteiger partial charge >= 0.3 is 11.9 Å². The van der Waals surface area contributed by atoms with Gasteiger partial charge in [-0.15, -0.1) is 0 Å². The largest absolute Gasteiger partial charge is 0.481 e. The van der Waals surface area contributed by atoms with Gasteiger partial charge in [0.2, 0.25) is 0 Å². The molecule has 6 nitrogen and oxygen atoms in total. The molecule has 2 unspecified atom stereocenters. The van der Waals surface area contributed by atoms with E-state index < -0.39 is 11.9 Å². The van der Waals surface area contributed by atoms with Crippen LogP contribution < -0.4 is 9.80 Å². The lowest BCUT2D eigenvalue weighted by Gasteiger charge is -2.42. The summed E-state index contributed by atoms with van der Waals surface area (Å²) < 4.78 is 0. The molecule has 7 heteroatoms. The van der Waals surface area contributed by atoms with E-state index in [9.17, 15) is 9.59 Å². The number of hydrogen-bond donors (Lipinski definition) is 2. The minimum Gasteiger partial charge on any atom is -0.481 e. The van der Waals surface area contributed by atoms with Crippen LogP contribution in [0.2, 0.25) is 0 Å². The van der Waals surface area contributed by atoms with Gasteiger partial charge in [0.1, 0.15) is 0 Å². The van der Waals surface area contributed by atoms with Crippen molar-refractivity contribution in [3.8, 4) is 0 Å². The van der Waals surface area contributed by atoms with Crippen LogP contribution in [0.25, 0.3) is 0 Å². The number of aryl methyl sites for hydroxylation is 2. The zero-order valence-electron chi connectivity index (χ0n) is 30.6. The lowest BCUT2D eigenvalue weighted by atomic mass is 9.71. The molecule has 0 radical (unpaired) electrons. The number of aliphatic carboxylic acids is 2. The molecule has 1 aliphatic carbocycles. The first-order valence-corrected chi connectivity index (χ1v) is 18.9. The molecule has 3 aliphatic rings. The highest BCUT2D eigenvalue weighted by atomic mass is 35.5. The molecule has 0 amide bonds. The molecule has 0 spiro atoms. The normalized spacial score (nSPS) is 21.7. The summed E-state index contributed by atoms with van der Waals surface area (Å²) in [6.07, 6.45) is 12.0. The number of unbranched alkanes of at least 4 members (excludes halogenated alkanes) is 4. The number of rotatable bonds is 15. The molecule has 2 atom stereocenters. The first kappa shape index (κ1) is 37.0. The molecular formula is C42H57ClN2O4. The summed E-state index contributed by atoms with van der Waals surface area (Å²) in [5.74, 6) is -1.22. The topological polar surface area (TPSA) is 81.1 Å². The highest BCUT2D eigenvalue weighted by Gasteiger charge is 2.49. The fraction of sp³-hybridized carbons (Fsp3) is 0.571. The molecule has 2 N–H and O–H groups in total. The maximum absolute atomic E-state index is 11.1. The van der Waals surface area contributed by atoms with Gasteiger partial charge in [-0.25, -0.2) is 0 Å². The molecular weight excluding hydrogens is 632 g/mol. The maximum atomic E-state index is 11.1. The number of allylic oxidation sites excluding steroid dienone is 3. The van der Waals surface area contributed by atoms with Crippen molar-refractivity contribution in [1.29, 1.82) is 0 Å². The third kappa shape index (κ3) is 7.90. The van der Waals surface area contributed by atoms with Gasteiger partial charge < -0.3 is 20.0 Å². The Bertz CT molecular complexity index is 1610. The van der Waals surface area contributed by atoms with Crippen LogP contribution in [0.3, 0.4) is 0 Å². The van der Waals surface area contributed by atoms with Crippen LogP contribution in [-0.2, 0) is 20.4 Å². The van der Waals surface area contributed by atoms with Crippen molar-refractivity contribution in [1.82, 2.24) is 0 Å². The SMILES string of the molecule is Cc1ccc2c(c1)C(C)(C)C(=CCC1=C(Cl)C(C3N(CCCCCC(=O)O)c4ccc(C)cc4C3(C)C)CCC1)N2CCCCCC(=O)O. The van der Waals surface area contributed by atoms with Gasteiger partial charge in [0.15, 0.2) is 0 Å². The number of nitrogens with zero attached hydrogens (tertiary/aromatic N) is 2. The van der Waals surface area contributed by atoms with E-state index in [1.54, 1.807) is 0 Å². The zero-order chi connectivity index (χ0) is 35.5. The Balaban J connectivity index is 1.42. The number of anilines is 2. The zero-order valence-corrected chi connectivity index (χ0v) is 31.3. The van der Waals surface area contributed by atoms with Crippen molar-refractivity contribution in [2.24, 2.45) is 5.92 Å². The molecule has 2 heterocycles. The number of carbonyl (C=O) groups is 2. The Morgan fingerprint density at radius 2 is 1.43 bits per heavy atom. The van der Waals surface area contributed by atoms with Gasteiger partial charge in [-0.2, -0.15) is 0 Å². The monoisotopic (exact) mass is 688 g/mol. The molecule has 0 saturated heterocycles. The second-order valence-corrected chi connectivity index (χ2v) is 16.2. The van der Waals surface area contributed by atoms with Gasteiger partial charge in [0.05, 0.1) is 0 Å². The summed E-state index contributed by atoms with van der Waals surface area (Å²) in [6, 6.07) is 13.9. The lowest BCUT2D eigenvalue weighted by molar-refractivity contribution is -0.138. The highest BCUT2D eigenvalue weighted by Crippen LogP contribution is 2.53. The van der Waals surface area contributed by atoms with E-state index in [1.807, 2.05) is 0 Å². The average molecular weight is 689 g/mol. The molecule has 0 fully saturated rings. The first-order valence-electron chi connectivity index (χ1n) is 18.5. The fourth-order valence-corrected chi connectivity index (χ4v) is 9.31. The predicted molar refractivity (Wildman–Crippen MR) is 202 cm³/mol. The molecule has 266 valence electrons. The number of hydrogen-bond acceptors (Lipinski definition) is 4. The Labute approximate surface area is 299 Å². The molecule has 0 saturated carbocycles. The van der Waals surface area contributed by atoms with Crippen LogP contribution in [-0.4, -0.2) is 41.3 Å². The van der Waals surface area contributed by atoms with Crippen molar-refractivity contribution in [3.05, 3.63) is 81.0 Å². The molecule has 2 aliphatic heterocycles. The van der Waals surface area contributed by atoms with Crippen molar-refractivity contribution < 1.29 is 19.8 Å². The Morgan fingerprint density at radius 1 is 0.837 bits per heavy atom. The van der Waals surface area contributed by atoms with Crippen LogP contribution >= 0.6 is 11.6 Å². The van der Waals surface area contributed by atoms with Crippen LogP contribution in [0, 0.1) is 19.8 Å². The van der Waals surface area contributed by atoms with Crippen LogP contribution in [0.4, 0.5) is 11.4 Å². The van der Waals surface area contributed by atoms with E-state index in [0.29, 0.717) is 12.8 Å². The smallest absolute Gasteiger partial charge is 0.303 e. The molecule has 0 aromatic heterocycles. The van der Waals surface area contributed by atoms with Crippen molar-refractivity contribution in [2.75, 3.05) is 22.9 Å². The van der Waals surface area contributed by atoms with Crippen LogP contribution in [0.15, 0.2) is 58.8 Å². The number of benzene rings is 2. The van der Waals surface area contributed by atoms with Crippen LogP contribution in [0.5, 0.6) is 0 Å². The summed E-state index contributed by atoms with van der Waals surface area (Å²) in [5.41, 5.74) is 10.3. The maximum Gasteiger partial charge on any atom is 0.303 e. The van der Waals surface area contributed by atoms with E-state index in [0.717, 1.165) is 69.5 Å².